The Labute approximate surface area is 109 Å². The predicted molar refractivity (Wildman–Crippen MR) is 71.6 cm³/mol. The molecule has 0 saturated heterocycles. The number of nitrogens with two attached hydrogens (primary N) is 1. The zero-order valence-electron chi connectivity index (χ0n) is 11.4. The molecular weight excluding hydrogens is 252 g/mol. The molecule has 0 aliphatic heterocycles. The van der Waals surface area contributed by atoms with E-state index < -0.39 is 10.0 Å². The van der Waals surface area contributed by atoms with Crippen molar-refractivity contribution < 1.29 is 8.42 Å². The summed E-state index contributed by atoms with van der Waals surface area (Å²) in [6.07, 6.45) is 2.26. The lowest BCUT2D eigenvalue weighted by Gasteiger charge is -2.24. The van der Waals surface area contributed by atoms with Crippen molar-refractivity contribution in [3.63, 3.8) is 0 Å². The molecule has 2 N–H and O–H groups in total. The second kappa shape index (κ2) is 5.71. The Hall–Kier alpha value is -1.08. The van der Waals surface area contributed by atoms with Gasteiger partial charge in [0, 0.05) is 25.3 Å². The summed E-state index contributed by atoms with van der Waals surface area (Å²) in [7, 11) is -3.56. The number of aryl methyl sites for hydroxylation is 1. The van der Waals surface area contributed by atoms with E-state index in [0.29, 0.717) is 13.1 Å². The molecule has 0 aliphatic rings. The first kappa shape index (κ1) is 15.0. The van der Waals surface area contributed by atoms with Gasteiger partial charge in [-0.05, 0) is 27.2 Å². The number of nitrogen functional groups attached to an aromatic ring is 1. The van der Waals surface area contributed by atoms with E-state index in [0.717, 1.165) is 6.42 Å². The average molecular weight is 274 g/mol. The maximum absolute atomic E-state index is 12.5. The Morgan fingerprint density at radius 2 is 2.06 bits per heavy atom. The largest absolute Gasteiger partial charge is 0.381 e. The van der Waals surface area contributed by atoms with Crippen molar-refractivity contribution >= 4 is 15.8 Å². The van der Waals surface area contributed by atoms with Crippen molar-refractivity contribution in [3.8, 4) is 0 Å². The van der Waals surface area contributed by atoms with Gasteiger partial charge >= 0.3 is 0 Å². The Morgan fingerprint density at radius 1 is 1.44 bits per heavy atom. The summed E-state index contributed by atoms with van der Waals surface area (Å²) in [6, 6.07) is -0.0978. The zero-order valence-corrected chi connectivity index (χ0v) is 12.2. The number of aromatic nitrogens is 2. The smallest absolute Gasteiger partial charge is 0.248 e. The molecule has 1 rings (SSSR count). The van der Waals surface area contributed by atoms with Crippen LogP contribution < -0.4 is 5.73 Å². The monoisotopic (exact) mass is 274 g/mol. The molecule has 0 fully saturated rings. The van der Waals surface area contributed by atoms with E-state index in [1.165, 1.54) is 15.2 Å². The molecule has 0 unspecified atom stereocenters. The van der Waals surface area contributed by atoms with Crippen LogP contribution in [0.2, 0.25) is 0 Å². The van der Waals surface area contributed by atoms with Crippen LogP contribution in [0.5, 0.6) is 0 Å². The van der Waals surface area contributed by atoms with E-state index in [1.54, 1.807) is 0 Å². The van der Waals surface area contributed by atoms with E-state index in [2.05, 4.69) is 5.10 Å². The number of hydrogen-bond acceptors (Lipinski definition) is 4. The molecule has 18 heavy (non-hydrogen) atoms. The lowest BCUT2D eigenvalue weighted by Crippen LogP contribution is -2.37. The Morgan fingerprint density at radius 3 is 2.44 bits per heavy atom. The Balaban J connectivity index is 3.21. The molecule has 0 spiro atoms. The van der Waals surface area contributed by atoms with Gasteiger partial charge < -0.3 is 5.73 Å². The Kier molecular flexibility index (Phi) is 4.75. The molecule has 0 amide bonds. The van der Waals surface area contributed by atoms with Gasteiger partial charge in [-0.15, -0.1) is 0 Å². The van der Waals surface area contributed by atoms with Crippen molar-refractivity contribution in [2.24, 2.45) is 0 Å². The summed E-state index contributed by atoms with van der Waals surface area (Å²) in [5.74, 6) is 0.0682. The molecule has 0 saturated carbocycles. The highest BCUT2D eigenvalue weighted by Crippen LogP contribution is 2.23. The lowest BCUT2D eigenvalue weighted by molar-refractivity contribution is 0.354. The first-order chi connectivity index (χ1) is 8.34. The fourth-order valence-corrected chi connectivity index (χ4v) is 3.57. The predicted octanol–water partition coefficient (Wildman–Crippen LogP) is 1.29. The number of nitrogens with zero attached hydrogens (tertiary/aromatic N) is 3. The quantitative estimate of drug-likeness (QED) is 0.847. The van der Waals surface area contributed by atoms with Crippen molar-refractivity contribution in [2.75, 3.05) is 12.3 Å². The number of anilines is 1. The van der Waals surface area contributed by atoms with Crippen LogP contribution in [-0.4, -0.2) is 35.1 Å². The molecule has 0 bridgehead atoms. The molecule has 0 aromatic carbocycles. The highest BCUT2D eigenvalue weighted by atomic mass is 32.2. The normalized spacial score (nSPS) is 12.6. The summed E-state index contributed by atoms with van der Waals surface area (Å²) in [5, 5.41) is 3.99. The van der Waals surface area contributed by atoms with Crippen molar-refractivity contribution in [2.45, 2.75) is 51.6 Å². The molecule has 7 heteroatoms. The van der Waals surface area contributed by atoms with Gasteiger partial charge in [0.2, 0.25) is 10.0 Å². The third kappa shape index (κ3) is 2.84. The standard InChI is InChI=1S/C11H22N4O2S/c1-5-7-15(9(3)4)18(16,17)10-8-14(6-2)13-11(10)12/h8-9H,5-7H2,1-4H3,(H2,12,13). The molecule has 1 aromatic heterocycles. The van der Waals surface area contributed by atoms with Gasteiger partial charge in [0.25, 0.3) is 0 Å². The fraction of sp³-hybridized carbons (Fsp3) is 0.727. The Bertz CT molecular complexity index is 493. The molecular formula is C11H22N4O2S. The van der Waals surface area contributed by atoms with Gasteiger partial charge in [0.05, 0.1) is 0 Å². The van der Waals surface area contributed by atoms with E-state index >= 15 is 0 Å². The second-order valence-corrected chi connectivity index (χ2v) is 6.30. The maximum Gasteiger partial charge on any atom is 0.248 e. The minimum atomic E-state index is -3.56. The first-order valence-electron chi connectivity index (χ1n) is 6.19. The van der Waals surface area contributed by atoms with E-state index in [-0.39, 0.29) is 16.8 Å². The molecule has 104 valence electrons. The van der Waals surface area contributed by atoms with Crippen molar-refractivity contribution in [1.82, 2.24) is 14.1 Å². The van der Waals surface area contributed by atoms with Crippen LogP contribution in [-0.2, 0) is 16.6 Å². The van der Waals surface area contributed by atoms with E-state index in [4.69, 9.17) is 5.73 Å². The van der Waals surface area contributed by atoms with Gasteiger partial charge in [-0.2, -0.15) is 9.40 Å². The van der Waals surface area contributed by atoms with Crippen LogP contribution in [0.3, 0.4) is 0 Å². The maximum atomic E-state index is 12.5. The van der Waals surface area contributed by atoms with Gasteiger partial charge in [0.1, 0.15) is 4.90 Å². The highest BCUT2D eigenvalue weighted by molar-refractivity contribution is 7.89. The van der Waals surface area contributed by atoms with E-state index in [9.17, 15) is 8.42 Å². The number of sulfonamides is 1. The third-order valence-corrected chi connectivity index (χ3v) is 4.78. The van der Waals surface area contributed by atoms with Crippen LogP contribution in [0.4, 0.5) is 5.82 Å². The summed E-state index contributed by atoms with van der Waals surface area (Å²) in [4.78, 5) is 0.103. The zero-order chi connectivity index (χ0) is 13.9. The molecule has 0 aliphatic carbocycles. The summed E-state index contributed by atoms with van der Waals surface area (Å²) in [6.45, 7) is 8.62. The molecule has 0 atom stereocenters. The molecule has 1 heterocycles. The summed E-state index contributed by atoms with van der Waals surface area (Å²) in [5.41, 5.74) is 5.70. The van der Waals surface area contributed by atoms with Crippen LogP contribution in [0, 0.1) is 0 Å². The average Bonchev–Trinajstić information content (AvgIpc) is 2.67. The van der Waals surface area contributed by atoms with Gasteiger partial charge in [-0.1, -0.05) is 6.92 Å². The van der Waals surface area contributed by atoms with E-state index in [1.807, 2.05) is 27.7 Å². The highest BCUT2D eigenvalue weighted by Gasteiger charge is 2.29. The second-order valence-electron chi connectivity index (χ2n) is 4.44. The minimum Gasteiger partial charge on any atom is -0.381 e. The summed E-state index contributed by atoms with van der Waals surface area (Å²) >= 11 is 0. The number of hydrogen-bond donors (Lipinski definition) is 1. The molecule has 1 aromatic rings. The van der Waals surface area contributed by atoms with Crippen molar-refractivity contribution in [1.29, 1.82) is 0 Å². The van der Waals surface area contributed by atoms with Crippen LogP contribution in [0.15, 0.2) is 11.1 Å². The van der Waals surface area contributed by atoms with Gasteiger partial charge in [0.15, 0.2) is 5.82 Å². The topological polar surface area (TPSA) is 81.2 Å². The third-order valence-electron chi connectivity index (χ3n) is 2.69. The molecule has 6 nitrogen and oxygen atoms in total. The SMILES string of the molecule is CCCN(C(C)C)S(=O)(=O)c1cn(CC)nc1N. The number of rotatable bonds is 6. The first-order valence-corrected chi connectivity index (χ1v) is 7.63. The molecule has 0 radical (unpaired) electrons. The van der Waals surface area contributed by atoms with Crippen molar-refractivity contribution in [3.05, 3.63) is 6.20 Å². The van der Waals surface area contributed by atoms with Crippen LogP contribution >= 0.6 is 0 Å². The van der Waals surface area contributed by atoms with Gasteiger partial charge in [-0.3, -0.25) is 4.68 Å². The lowest BCUT2D eigenvalue weighted by atomic mass is 10.4. The van der Waals surface area contributed by atoms with Crippen LogP contribution in [0.25, 0.3) is 0 Å². The van der Waals surface area contributed by atoms with Gasteiger partial charge in [-0.25, -0.2) is 8.42 Å². The minimum absolute atomic E-state index is 0.0682. The van der Waals surface area contributed by atoms with Crippen LogP contribution in [0.1, 0.15) is 34.1 Å². The summed E-state index contributed by atoms with van der Waals surface area (Å²) < 4.78 is 28.0. The fourth-order valence-electron chi connectivity index (χ4n) is 1.78.